The Morgan fingerprint density at radius 1 is 1.41 bits per heavy atom. The molecule has 0 aliphatic carbocycles. The van der Waals surface area contributed by atoms with Crippen molar-refractivity contribution in [1.29, 1.82) is 0 Å². The molecule has 0 spiro atoms. The molecule has 22 heavy (non-hydrogen) atoms. The predicted octanol–water partition coefficient (Wildman–Crippen LogP) is 1.51. The molecule has 2 rings (SSSR count). The van der Waals surface area contributed by atoms with E-state index in [9.17, 15) is 5.11 Å². The van der Waals surface area contributed by atoms with E-state index in [4.69, 9.17) is 10.8 Å². The second-order valence-corrected chi connectivity index (χ2v) is 7.28. The smallest absolute Gasteiger partial charge is 0.0787 e. The highest BCUT2D eigenvalue weighted by atomic mass is 32.1. The molecule has 1 aliphatic rings. The van der Waals surface area contributed by atoms with Crippen LogP contribution in [0.25, 0.3) is 0 Å². The lowest BCUT2D eigenvalue weighted by Crippen LogP contribution is -2.70. The van der Waals surface area contributed by atoms with Crippen LogP contribution in [0.1, 0.15) is 31.4 Å². The lowest BCUT2D eigenvalue weighted by molar-refractivity contribution is 0.0873. The van der Waals surface area contributed by atoms with Gasteiger partial charge in [0.1, 0.15) is 0 Å². The molecule has 0 saturated carbocycles. The molecule has 0 radical (unpaired) electrons. The first kappa shape index (κ1) is 17.6. The van der Waals surface area contributed by atoms with Crippen molar-refractivity contribution in [2.75, 3.05) is 23.8 Å². The van der Waals surface area contributed by atoms with Crippen LogP contribution in [0.2, 0.25) is 0 Å². The number of nitrogens with two attached hydrogens (primary N) is 1. The zero-order chi connectivity index (χ0) is 16.5. The van der Waals surface area contributed by atoms with Crippen LogP contribution in [0.3, 0.4) is 0 Å². The van der Waals surface area contributed by atoms with Gasteiger partial charge >= 0.3 is 0 Å². The van der Waals surface area contributed by atoms with E-state index in [1.807, 2.05) is 0 Å². The van der Waals surface area contributed by atoms with Crippen LogP contribution in [-0.2, 0) is 6.42 Å². The summed E-state index contributed by atoms with van der Waals surface area (Å²) in [5.41, 5.74) is 9.57. The molecule has 2 atom stereocenters. The number of rotatable bonds is 5. The summed E-state index contributed by atoms with van der Waals surface area (Å²) in [6.45, 7) is 6.80. The van der Waals surface area contributed by atoms with Crippen molar-refractivity contribution in [1.82, 2.24) is 0 Å². The molecule has 0 aromatic heterocycles. The number of fused-ring (bicyclic) bond motifs is 1. The van der Waals surface area contributed by atoms with E-state index in [1.54, 1.807) is 0 Å². The normalized spacial score (nSPS) is 25.0. The second-order valence-electron chi connectivity index (χ2n) is 6.96. The van der Waals surface area contributed by atoms with Gasteiger partial charge in [0.15, 0.2) is 0 Å². The Balaban J connectivity index is 2.43. The molecule has 4 N–H and O–H groups in total. The Kier molecular flexibility index (Phi) is 5.12. The van der Waals surface area contributed by atoms with E-state index in [0.717, 1.165) is 6.42 Å². The summed E-state index contributed by atoms with van der Waals surface area (Å²) < 4.78 is 0. The predicted molar refractivity (Wildman–Crippen MR) is 94.8 cm³/mol. The Morgan fingerprint density at radius 2 is 2.09 bits per heavy atom. The Morgan fingerprint density at radius 3 is 2.68 bits per heavy atom. The maximum atomic E-state index is 9.73. The van der Waals surface area contributed by atoms with Crippen molar-refractivity contribution in [2.24, 2.45) is 5.73 Å². The first-order chi connectivity index (χ1) is 10.2. The maximum absolute atomic E-state index is 9.73. The molecule has 124 valence electrons. The van der Waals surface area contributed by atoms with Crippen LogP contribution in [0.15, 0.2) is 18.2 Å². The second kappa shape index (κ2) is 6.40. The van der Waals surface area contributed by atoms with Gasteiger partial charge in [-0.15, -0.1) is 0 Å². The number of aliphatic hydroxyl groups is 2. The average molecular weight is 324 g/mol. The molecule has 1 aromatic rings. The van der Waals surface area contributed by atoms with Crippen LogP contribution in [0, 0.1) is 6.92 Å². The number of nitrogens with zero attached hydrogens (tertiary/aromatic N) is 1. The Labute approximate surface area is 138 Å². The van der Waals surface area contributed by atoms with Gasteiger partial charge in [0.05, 0.1) is 23.8 Å². The number of hydrogen-bond acceptors (Lipinski definition) is 5. The third kappa shape index (κ3) is 3.00. The highest BCUT2D eigenvalue weighted by Crippen LogP contribution is 2.42. The zero-order valence-electron chi connectivity index (χ0n) is 13.7. The minimum atomic E-state index is -0.700. The van der Waals surface area contributed by atoms with Crippen LogP contribution in [0.5, 0.6) is 0 Å². The number of aryl methyl sites for hydroxylation is 1. The minimum Gasteiger partial charge on any atom is -0.394 e. The first-order valence-electron chi connectivity index (χ1n) is 7.81. The molecule has 0 bridgehead atoms. The molecular formula is C17H28N2O2S. The van der Waals surface area contributed by atoms with Gasteiger partial charge in [0, 0.05) is 18.0 Å². The third-order valence-electron chi connectivity index (χ3n) is 5.11. The molecule has 2 unspecified atom stereocenters. The van der Waals surface area contributed by atoms with Gasteiger partial charge in [-0.3, -0.25) is 0 Å². The zero-order valence-corrected chi connectivity index (χ0v) is 14.6. The number of anilines is 1. The average Bonchev–Trinajstić information content (AvgIpc) is 2.48. The highest BCUT2D eigenvalue weighted by Gasteiger charge is 2.49. The fraction of sp³-hybridized carbons (Fsp3) is 0.647. The fourth-order valence-electron chi connectivity index (χ4n) is 3.22. The van der Waals surface area contributed by atoms with Gasteiger partial charge in [-0.1, -0.05) is 12.1 Å². The van der Waals surface area contributed by atoms with Gasteiger partial charge in [-0.25, -0.2) is 0 Å². The molecule has 1 heterocycles. The summed E-state index contributed by atoms with van der Waals surface area (Å²) in [6, 6.07) is 6.43. The van der Waals surface area contributed by atoms with Crippen molar-refractivity contribution in [3.05, 3.63) is 29.3 Å². The van der Waals surface area contributed by atoms with Crippen molar-refractivity contribution in [3.8, 4) is 0 Å². The summed E-state index contributed by atoms with van der Waals surface area (Å²) >= 11 is 4.50. The first-order valence-corrected chi connectivity index (χ1v) is 8.44. The summed E-state index contributed by atoms with van der Waals surface area (Å²) in [4.78, 5) is 2.27. The van der Waals surface area contributed by atoms with Gasteiger partial charge in [0.2, 0.25) is 0 Å². The van der Waals surface area contributed by atoms with Crippen LogP contribution >= 0.6 is 12.6 Å². The van der Waals surface area contributed by atoms with Crippen molar-refractivity contribution >= 4 is 18.3 Å². The number of hydrogen-bond donors (Lipinski definition) is 4. The monoisotopic (exact) mass is 324 g/mol. The summed E-state index contributed by atoms with van der Waals surface area (Å²) in [7, 11) is 0. The number of aliphatic hydroxyl groups excluding tert-OH is 2. The molecule has 1 aliphatic heterocycles. The van der Waals surface area contributed by atoms with Gasteiger partial charge < -0.3 is 20.8 Å². The largest absolute Gasteiger partial charge is 0.394 e. The lowest BCUT2D eigenvalue weighted by Gasteiger charge is -2.56. The molecule has 0 fully saturated rings. The molecule has 0 saturated heterocycles. The van der Waals surface area contributed by atoms with E-state index >= 15 is 0 Å². The molecule has 5 heteroatoms. The van der Waals surface area contributed by atoms with Crippen LogP contribution in [-0.4, -0.2) is 46.3 Å². The van der Waals surface area contributed by atoms with Crippen molar-refractivity contribution in [3.63, 3.8) is 0 Å². The standard InChI is InChI=1S/C17H28N2O2S/c1-12-4-5-13-9-17(18,11-22)16(2,3)19(15(13)8-12)7-6-14(21)10-20/h4-5,8,14,20-22H,6-7,9-11,18H2,1-3H3. The van der Waals surface area contributed by atoms with Gasteiger partial charge in [0.25, 0.3) is 0 Å². The van der Waals surface area contributed by atoms with Crippen LogP contribution < -0.4 is 10.6 Å². The summed E-state index contributed by atoms with van der Waals surface area (Å²) in [5, 5.41) is 18.8. The fourth-order valence-corrected chi connectivity index (χ4v) is 3.72. The van der Waals surface area contributed by atoms with E-state index in [2.05, 4.69) is 56.5 Å². The summed E-state index contributed by atoms with van der Waals surface area (Å²) in [6.07, 6.45) is 0.600. The van der Waals surface area contributed by atoms with Crippen molar-refractivity contribution in [2.45, 2.75) is 50.8 Å². The van der Waals surface area contributed by atoms with E-state index in [-0.39, 0.29) is 12.1 Å². The van der Waals surface area contributed by atoms with Crippen molar-refractivity contribution < 1.29 is 10.2 Å². The highest BCUT2D eigenvalue weighted by molar-refractivity contribution is 7.80. The van der Waals surface area contributed by atoms with Gasteiger partial charge in [-0.05, 0) is 50.8 Å². The van der Waals surface area contributed by atoms with E-state index in [1.165, 1.54) is 16.8 Å². The lowest BCUT2D eigenvalue weighted by atomic mass is 9.71. The quantitative estimate of drug-likeness (QED) is 0.620. The SMILES string of the molecule is Cc1ccc2c(c1)N(CCC(O)CO)C(C)(C)C(N)(CS)C2. The number of benzene rings is 1. The maximum Gasteiger partial charge on any atom is 0.0787 e. The van der Waals surface area contributed by atoms with E-state index < -0.39 is 11.6 Å². The van der Waals surface area contributed by atoms with Gasteiger partial charge in [-0.2, -0.15) is 12.6 Å². The molecule has 0 amide bonds. The van der Waals surface area contributed by atoms with Crippen LogP contribution in [0.4, 0.5) is 5.69 Å². The topological polar surface area (TPSA) is 69.7 Å². The number of thiol groups is 1. The Bertz CT molecular complexity index is 535. The molecule has 4 nitrogen and oxygen atoms in total. The van der Waals surface area contributed by atoms with E-state index in [0.29, 0.717) is 18.7 Å². The Hall–Kier alpha value is -0.750. The summed E-state index contributed by atoms with van der Waals surface area (Å²) in [5.74, 6) is 0.590. The molecule has 1 aromatic carbocycles. The third-order valence-corrected chi connectivity index (χ3v) is 5.67. The molecular weight excluding hydrogens is 296 g/mol. The minimum absolute atomic E-state index is 0.213.